The van der Waals surface area contributed by atoms with Crippen LogP contribution in [0.15, 0.2) is 108 Å². The molecular weight excluding hydrogens is 864 g/mol. The third-order valence-corrected chi connectivity index (χ3v) is 12.1. The van der Waals surface area contributed by atoms with Crippen LogP contribution >= 0.6 is 7.82 Å². The number of phosphoric ester groups is 1. The van der Waals surface area contributed by atoms with E-state index in [0.717, 1.165) is 35.1 Å². The fourth-order valence-corrected chi connectivity index (χ4v) is 8.65. The molecule has 18 heteroatoms. The van der Waals surface area contributed by atoms with Crippen LogP contribution in [0.5, 0.6) is 11.5 Å². The van der Waals surface area contributed by atoms with Crippen molar-refractivity contribution in [1.29, 1.82) is 0 Å². The highest BCUT2D eigenvalue weighted by Gasteiger charge is 2.36. The summed E-state index contributed by atoms with van der Waals surface area (Å²) in [6.45, 7) is 7.04. The van der Waals surface area contributed by atoms with Crippen molar-refractivity contribution >= 4 is 37.1 Å². The Balaban J connectivity index is 1.17. The van der Waals surface area contributed by atoms with E-state index in [2.05, 4.69) is 26.0 Å². The number of carbonyl (C=O) groups excluding carboxylic acids is 3. The Hall–Kier alpha value is -6.94. The van der Waals surface area contributed by atoms with Crippen molar-refractivity contribution < 1.29 is 42.0 Å². The topological polar surface area (TPSA) is 199 Å². The van der Waals surface area contributed by atoms with Crippen LogP contribution in [0, 0.1) is 19.8 Å². The molecular formula is C48H53N8O9P. The minimum atomic E-state index is -4.29. The highest BCUT2D eigenvalue weighted by atomic mass is 31.2. The summed E-state index contributed by atoms with van der Waals surface area (Å²) < 4.78 is 45.9. The van der Waals surface area contributed by atoms with Crippen LogP contribution in [0.2, 0.25) is 0 Å². The number of rotatable bonds is 19. The van der Waals surface area contributed by atoms with Crippen LogP contribution < -0.4 is 25.3 Å². The molecule has 7 rings (SSSR count). The third-order valence-electron chi connectivity index (χ3n) is 10.7. The first-order chi connectivity index (χ1) is 31.6. The average molecular weight is 917 g/mol. The van der Waals surface area contributed by atoms with E-state index in [0.29, 0.717) is 28.4 Å². The molecule has 0 unspecified atom stereocenters. The second-order valence-corrected chi connectivity index (χ2v) is 18.2. The maximum Gasteiger partial charge on any atom is 0.530 e. The number of pyridine rings is 1. The van der Waals surface area contributed by atoms with E-state index in [9.17, 15) is 18.9 Å². The number of esters is 1. The van der Waals surface area contributed by atoms with Gasteiger partial charge in [-0.3, -0.25) is 28.0 Å². The van der Waals surface area contributed by atoms with E-state index in [1.807, 2.05) is 94.4 Å². The molecule has 17 nitrogen and oxygen atoms in total. The smallest absolute Gasteiger partial charge is 0.494 e. The zero-order valence-electron chi connectivity index (χ0n) is 37.9. The first-order valence-corrected chi connectivity index (χ1v) is 22.8. The number of nitrogens with one attached hydrogen (secondary N) is 2. The molecule has 0 atom stereocenters. The molecule has 0 bridgehead atoms. The van der Waals surface area contributed by atoms with Crippen molar-refractivity contribution in [3.8, 4) is 22.9 Å². The highest BCUT2D eigenvalue weighted by molar-refractivity contribution is 7.48. The van der Waals surface area contributed by atoms with Gasteiger partial charge in [0.05, 0.1) is 50.3 Å². The quantitative estimate of drug-likeness (QED) is 0.0587. The molecule has 2 N–H and O–H groups in total. The van der Waals surface area contributed by atoms with Gasteiger partial charge in [-0.15, -0.1) is 10.2 Å². The normalized spacial score (nSPS) is 13.0. The molecule has 2 heterocycles. The minimum absolute atomic E-state index is 0.0385. The van der Waals surface area contributed by atoms with Gasteiger partial charge in [0.15, 0.2) is 12.5 Å². The van der Waals surface area contributed by atoms with Gasteiger partial charge in [0.25, 0.3) is 5.91 Å². The van der Waals surface area contributed by atoms with Gasteiger partial charge in [0.1, 0.15) is 17.3 Å². The first-order valence-electron chi connectivity index (χ1n) is 21.3. The molecule has 66 heavy (non-hydrogen) atoms. The van der Waals surface area contributed by atoms with Gasteiger partial charge in [0.2, 0.25) is 11.7 Å². The lowest BCUT2D eigenvalue weighted by atomic mass is 9.78. The summed E-state index contributed by atoms with van der Waals surface area (Å²) in [7, 11) is 0.326. The van der Waals surface area contributed by atoms with Crippen LogP contribution in [-0.4, -0.2) is 56.7 Å². The molecule has 4 aromatic carbocycles. The summed E-state index contributed by atoms with van der Waals surface area (Å²) in [5.41, 5.74) is 3.81. The van der Waals surface area contributed by atoms with Gasteiger partial charge in [-0.2, -0.15) is 4.80 Å². The van der Waals surface area contributed by atoms with Crippen molar-refractivity contribution in [2.75, 3.05) is 19.5 Å². The SMILES string of the molecule is CNC(=O)c1cn(COC(=O)CC(C)(C)c2c(C)cc(C)cc2OP(=O)(OCc2ccccc2)OCc2ccccc2)c(NC(=O)C2CC2)cc1=Nc1cccc(-c2nnn(C)n2)c1OC. The minimum Gasteiger partial charge on any atom is -0.494 e. The van der Waals surface area contributed by atoms with Crippen molar-refractivity contribution in [3.05, 3.63) is 142 Å². The molecule has 1 fully saturated rings. The van der Waals surface area contributed by atoms with Gasteiger partial charge in [-0.1, -0.05) is 86.6 Å². The average Bonchev–Trinajstić information content (AvgIpc) is 4.06. The summed E-state index contributed by atoms with van der Waals surface area (Å²) >= 11 is 0. The summed E-state index contributed by atoms with van der Waals surface area (Å²) in [5.74, 6) is -0.353. The summed E-state index contributed by atoms with van der Waals surface area (Å²) in [5, 5.41) is 18.1. The number of phosphoric acid groups is 1. The van der Waals surface area contributed by atoms with Crippen LogP contribution in [-0.2, 0) is 60.3 Å². The number of anilines is 1. The van der Waals surface area contributed by atoms with Crippen molar-refractivity contribution in [3.63, 3.8) is 0 Å². The zero-order valence-corrected chi connectivity index (χ0v) is 38.8. The van der Waals surface area contributed by atoms with E-state index in [1.54, 1.807) is 37.4 Å². The predicted molar refractivity (Wildman–Crippen MR) is 246 cm³/mol. The molecule has 344 valence electrons. The van der Waals surface area contributed by atoms with Crippen molar-refractivity contribution in [1.82, 2.24) is 30.1 Å². The molecule has 0 aliphatic heterocycles. The van der Waals surface area contributed by atoms with E-state index < -0.39 is 25.1 Å². The van der Waals surface area contributed by atoms with E-state index in [4.69, 9.17) is 28.0 Å². The number of hydrogen-bond donors (Lipinski definition) is 2. The highest BCUT2D eigenvalue weighted by Crippen LogP contribution is 2.53. The predicted octanol–water partition coefficient (Wildman–Crippen LogP) is 8.03. The Labute approximate surface area is 382 Å². The first kappa shape index (κ1) is 47.0. The van der Waals surface area contributed by atoms with Crippen LogP contribution in [0.1, 0.15) is 71.3 Å². The van der Waals surface area contributed by atoms with Crippen LogP contribution in [0.25, 0.3) is 11.4 Å². The largest absolute Gasteiger partial charge is 0.530 e. The molecule has 1 saturated carbocycles. The summed E-state index contributed by atoms with van der Waals surface area (Å²) in [4.78, 5) is 46.8. The molecule has 6 aromatic rings. The molecule has 0 saturated heterocycles. The van der Waals surface area contributed by atoms with E-state index in [-0.39, 0.29) is 60.7 Å². The second-order valence-electron chi connectivity index (χ2n) is 16.6. The molecule has 1 aliphatic rings. The van der Waals surface area contributed by atoms with Gasteiger partial charge in [0, 0.05) is 36.2 Å². The zero-order chi connectivity index (χ0) is 47.0. The number of aryl methyl sites for hydroxylation is 3. The molecule has 0 radical (unpaired) electrons. The monoisotopic (exact) mass is 916 g/mol. The number of tetrazole rings is 1. The maximum atomic E-state index is 14.6. The van der Waals surface area contributed by atoms with Gasteiger partial charge < -0.3 is 24.6 Å². The second kappa shape index (κ2) is 20.5. The number of aromatic nitrogens is 5. The number of para-hydroxylation sites is 1. The Bertz CT molecular complexity index is 2800. The number of carbonyl (C=O) groups is 3. The number of nitrogens with zero attached hydrogens (tertiary/aromatic N) is 6. The maximum absolute atomic E-state index is 14.6. The Kier molecular flexibility index (Phi) is 14.6. The van der Waals surface area contributed by atoms with Crippen LogP contribution in [0.3, 0.4) is 0 Å². The standard InChI is InChI=1S/C48H53N8O9P/c1-31-23-32(2)43(40(24-31)65-66(60,63-28-33-15-10-8-11-16-33)64-29-34-17-12-9-13-18-34)48(3,4)26-42(57)62-30-56-27-37(47(59)49-5)39(25-41(56)51-46(58)35-21-22-35)50-38-20-14-19-36(44(38)61-7)45-52-54-55(6)53-45/h8-20,23-25,27,35H,21-22,26,28-30H2,1-7H3,(H,49,59)(H,51,58). The number of amides is 2. The summed E-state index contributed by atoms with van der Waals surface area (Å²) in [6, 6.07) is 29.0. The fourth-order valence-electron chi connectivity index (χ4n) is 7.47. The van der Waals surface area contributed by atoms with Crippen LogP contribution in [0.4, 0.5) is 11.5 Å². The third kappa shape index (κ3) is 11.7. The molecule has 2 aromatic heterocycles. The lowest BCUT2D eigenvalue weighted by Crippen LogP contribution is -2.30. The van der Waals surface area contributed by atoms with Crippen molar-refractivity contribution in [2.45, 2.75) is 72.3 Å². The lowest BCUT2D eigenvalue weighted by Gasteiger charge is -2.30. The number of benzene rings is 4. The van der Waals surface area contributed by atoms with Gasteiger partial charge in [-0.05, 0) is 72.4 Å². The molecule has 1 aliphatic carbocycles. The van der Waals surface area contributed by atoms with Gasteiger partial charge in [-0.25, -0.2) is 9.56 Å². The summed E-state index contributed by atoms with van der Waals surface area (Å²) in [6.07, 6.45) is 2.80. The molecule has 0 spiro atoms. The number of ether oxygens (including phenoxy) is 2. The van der Waals surface area contributed by atoms with Crippen molar-refractivity contribution in [2.24, 2.45) is 18.0 Å². The number of hydrogen-bond acceptors (Lipinski definition) is 13. The Morgan fingerprint density at radius 1 is 0.909 bits per heavy atom. The Morgan fingerprint density at radius 2 is 1.58 bits per heavy atom. The van der Waals surface area contributed by atoms with Gasteiger partial charge >= 0.3 is 13.8 Å². The number of methoxy groups -OCH3 is 1. The van der Waals surface area contributed by atoms with E-state index >= 15 is 0 Å². The lowest BCUT2D eigenvalue weighted by molar-refractivity contribution is -0.148. The fraction of sp³-hybridized carbons (Fsp3) is 0.312. The van der Waals surface area contributed by atoms with E-state index in [1.165, 1.54) is 29.7 Å². The molecule has 2 amide bonds. The Morgan fingerprint density at radius 3 is 2.17 bits per heavy atom.